The lowest BCUT2D eigenvalue weighted by Gasteiger charge is -1.87. The maximum atomic E-state index is 10.3. The van der Waals surface area contributed by atoms with Gasteiger partial charge in [0.2, 0.25) is 0 Å². The number of aromatic nitrogens is 1. The summed E-state index contributed by atoms with van der Waals surface area (Å²) < 4.78 is 0. The van der Waals surface area contributed by atoms with Gasteiger partial charge in [-0.25, -0.2) is 0 Å². The molecular weight excluding hydrogens is 116 g/mol. The van der Waals surface area contributed by atoms with Crippen LogP contribution in [0.15, 0.2) is 24.5 Å². The Balaban J connectivity index is 2.98. The topological polar surface area (TPSA) is 53.8 Å². The van der Waals surface area contributed by atoms with Gasteiger partial charge < -0.3 is 0 Å². The van der Waals surface area contributed by atoms with Crippen molar-refractivity contribution in [1.29, 1.82) is 0 Å². The minimum atomic E-state index is -0.692. The van der Waals surface area contributed by atoms with Gasteiger partial charge in [-0.15, -0.1) is 0 Å². The molecule has 0 aliphatic rings. The molecule has 0 fully saturated rings. The number of hydrogen-bond acceptors (Lipinski definition) is 2. The third kappa shape index (κ3) is 1.25. The van der Waals surface area contributed by atoms with E-state index in [9.17, 15) is 4.79 Å². The molecule has 0 spiro atoms. The molecule has 1 heterocycles. The smallest absolute Gasteiger partial charge is 0.267 e. The van der Waals surface area contributed by atoms with Crippen LogP contribution in [-0.4, -0.2) is 10.9 Å². The normalized spacial score (nSPS) is 8.89. The molecule has 1 aromatic rings. The van der Waals surface area contributed by atoms with Gasteiger partial charge in [0.25, 0.3) is 5.91 Å². The van der Waals surface area contributed by atoms with Crippen LogP contribution in [0.5, 0.6) is 0 Å². The van der Waals surface area contributed by atoms with Crippen LogP contribution in [0.1, 0.15) is 10.4 Å². The number of rotatable bonds is 1. The first-order valence-corrected chi connectivity index (χ1v) is 2.46. The number of amides is 1. The van der Waals surface area contributed by atoms with Crippen LogP contribution in [0.2, 0.25) is 0 Å². The Labute approximate surface area is 52.5 Å². The minimum Gasteiger partial charge on any atom is -0.267 e. The molecule has 0 aliphatic carbocycles. The standard InChI is InChI=1S/C6H5N2O/c7-6(9)5-2-1-3-8-4-5/h1-4,7H. The molecule has 1 N–H and O–H groups in total. The average molecular weight is 121 g/mol. The van der Waals surface area contributed by atoms with Crippen LogP contribution in [0.3, 0.4) is 0 Å². The van der Waals surface area contributed by atoms with Crippen molar-refractivity contribution in [3.05, 3.63) is 30.1 Å². The molecular formula is C6H5N2O. The van der Waals surface area contributed by atoms with E-state index in [1.54, 1.807) is 18.3 Å². The second-order valence-electron chi connectivity index (χ2n) is 1.57. The van der Waals surface area contributed by atoms with Crippen molar-refractivity contribution in [3.63, 3.8) is 0 Å². The first kappa shape index (κ1) is 5.75. The van der Waals surface area contributed by atoms with Crippen molar-refractivity contribution in [2.45, 2.75) is 0 Å². The van der Waals surface area contributed by atoms with Crippen molar-refractivity contribution in [2.75, 3.05) is 0 Å². The van der Waals surface area contributed by atoms with Crippen LogP contribution in [0.4, 0.5) is 0 Å². The van der Waals surface area contributed by atoms with Gasteiger partial charge in [-0.3, -0.25) is 15.5 Å². The molecule has 1 rings (SSSR count). The maximum absolute atomic E-state index is 10.3. The van der Waals surface area contributed by atoms with Crippen molar-refractivity contribution in [1.82, 2.24) is 10.7 Å². The molecule has 0 saturated heterocycles. The fourth-order valence-electron chi connectivity index (χ4n) is 0.497. The fraction of sp³-hybridized carbons (Fsp3) is 0. The first-order valence-electron chi connectivity index (χ1n) is 2.46. The Hall–Kier alpha value is -1.38. The number of pyridine rings is 1. The monoisotopic (exact) mass is 121 g/mol. The van der Waals surface area contributed by atoms with E-state index >= 15 is 0 Å². The van der Waals surface area contributed by atoms with Crippen LogP contribution in [0, 0.1) is 0 Å². The Morgan fingerprint density at radius 1 is 1.67 bits per heavy atom. The zero-order valence-corrected chi connectivity index (χ0v) is 4.66. The number of carbonyl (C=O) groups excluding carboxylic acids is 1. The zero-order chi connectivity index (χ0) is 6.69. The van der Waals surface area contributed by atoms with Crippen molar-refractivity contribution >= 4 is 5.91 Å². The lowest BCUT2D eigenvalue weighted by atomic mass is 10.3. The molecule has 1 radical (unpaired) electrons. The fourth-order valence-corrected chi connectivity index (χ4v) is 0.497. The molecule has 1 amide bonds. The maximum Gasteiger partial charge on any atom is 0.271 e. The van der Waals surface area contributed by atoms with E-state index < -0.39 is 5.91 Å². The molecule has 1 aromatic heterocycles. The second kappa shape index (κ2) is 2.26. The van der Waals surface area contributed by atoms with Gasteiger partial charge in [-0.1, -0.05) is 0 Å². The van der Waals surface area contributed by atoms with Gasteiger partial charge in [0.15, 0.2) is 0 Å². The third-order valence-electron chi connectivity index (χ3n) is 0.924. The number of carbonyl (C=O) groups is 1. The molecule has 3 heteroatoms. The highest BCUT2D eigenvalue weighted by Gasteiger charge is 1.96. The summed E-state index contributed by atoms with van der Waals surface area (Å²) in [5.41, 5.74) is 6.97. The molecule has 0 saturated carbocycles. The zero-order valence-electron chi connectivity index (χ0n) is 4.66. The minimum absolute atomic E-state index is 0.331. The average Bonchev–Trinajstić information content (AvgIpc) is 1.90. The molecule has 0 aliphatic heterocycles. The number of hydrogen-bond donors (Lipinski definition) is 0. The van der Waals surface area contributed by atoms with E-state index in [0.717, 1.165) is 0 Å². The van der Waals surface area contributed by atoms with Gasteiger partial charge in [-0.05, 0) is 12.1 Å². The highest BCUT2D eigenvalue weighted by molar-refractivity contribution is 5.91. The molecule has 45 valence electrons. The van der Waals surface area contributed by atoms with Gasteiger partial charge in [0, 0.05) is 12.4 Å². The van der Waals surface area contributed by atoms with Crippen molar-refractivity contribution in [2.24, 2.45) is 0 Å². The lowest BCUT2D eigenvalue weighted by molar-refractivity contribution is 0.0991. The Morgan fingerprint density at radius 3 is 2.78 bits per heavy atom. The van der Waals surface area contributed by atoms with Crippen LogP contribution in [-0.2, 0) is 0 Å². The quantitative estimate of drug-likeness (QED) is 0.543. The highest BCUT2D eigenvalue weighted by atomic mass is 16.1. The molecule has 0 aromatic carbocycles. The summed E-state index contributed by atoms with van der Waals surface area (Å²) in [6, 6.07) is 3.18. The largest absolute Gasteiger partial charge is 0.271 e. The van der Waals surface area contributed by atoms with Crippen LogP contribution < -0.4 is 5.73 Å². The Bertz CT molecular complexity index is 208. The molecule has 0 bridgehead atoms. The third-order valence-corrected chi connectivity index (χ3v) is 0.924. The van der Waals surface area contributed by atoms with E-state index in [-0.39, 0.29) is 0 Å². The second-order valence-corrected chi connectivity index (χ2v) is 1.57. The predicted octanol–water partition coefficient (Wildman–Crippen LogP) is 0.505. The van der Waals surface area contributed by atoms with Crippen LogP contribution in [0.25, 0.3) is 0 Å². The van der Waals surface area contributed by atoms with E-state index in [4.69, 9.17) is 5.73 Å². The Kier molecular flexibility index (Phi) is 1.44. The highest BCUT2D eigenvalue weighted by Crippen LogP contribution is 1.92. The van der Waals surface area contributed by atoms with E-state index in [2.05, 4.69) is 4.98 Å². The molecule has 3 nitrogen and oxygen atoms in total. The predicted molar refractivity (Wildman–Crippen MR) is 31.7 cm³/mol. The van der Waals surface area contributed by atoms with Gasteiger partial charge in [-0.2, -0.15) is 0 Å². The SMILES string of the molecule is [NH]C(=O)c1cccnc1. The summed E-state index contributed by atoms with van der Waals surface area (Å²) in [7, 11) is 0. The lowest BCUT2D eigenvalue weighted by Crippen LogP contribution is -1.97. The summed E-state index contributed by atoms with van der Waals surface area (Å²) in [5.74, 6) is -0.692. The van der Waals surface area contributed by atoms with E-state index in [0.29, 0.717) is 5.56 Å². The summed E-state index contributed by atoms with van der Waals surface area (Å²) in [5, 5.41) is 0. The first-order chi connectivity index (χ1) is 4.30. The van der Waals surface area contributed by atoms with Gasteiger partial charge in [0.1, 0.15) is 0 Å². The summed E-state index contributed by atoms with van der Waals surface area (Å²) in [6.07, 6.45) is 2.93. The van der Waals surface area contributed by atoms with Crippen LogP contribution >= 0.6 is 0 Å². The molecule has 0 unspecified atom stereocenters. The van der Waals surface area contributed by atoms with Crippen molar-refractivity contribution < 1.29 is 4.79 Å². The number of nitrogens with zero attached hydrogens (tertiary/aromatic N) is 1. The van der Waals surface area contributed by atoms with E-state index in [1.807, 2.05) is 0 Å². The summed E-state index contributed by atoms with van der Waals surface area (Å²) in [4.78, 5) is 13.9. The van der Waals surface area contributed by atoms with Gasteiger partial charge >= 0.3 is 0 Å². The molecule has 0 atom stereocenters. The Morgan fingerprint density at radius 2 is 2.44 bits per heavy atom. The summed E-state index contributed by atoms with van der Waals surface area (Å²) in [6.45, 7) is 0. The van der Waals surface area contributed by atoms with Gasteiger partial charge in [0.05, 0.1) is 5.56 Å². The molecule has 9 heavy (non-hydrogen) atoms. The van der Waals surface area contributed by atoms with E-state index in [1.165, 1.54) is 6.20 Å². The van der Waals surface area contributed by atoms with Crippen molar-refractivity contribution in [3.8, 4) is 0 Å². The summed E-state index contributed by atoms with van der Waals surface area (Å²) >= 11 is 0. The number of nitrogens with one attached hydrogen (secondary N) is 1.